The monoisotopic (exact) mass is 568 g/mol. The van der Waals surface area contributed by atoms with Gasteiger partial charge in [0, 0.05) is 23.7 Å². The molecule has 0 aliphatic carbocycles. The van der Waals surface area contributed by atoms with Crippen molar-refractivity contribution in [3.63, 3.8) is 0 Å². The molecule has 37 heavy (non-hydrogen) atoms. The van der Waals surface area contributed by atoms with Crippen LogP contribution in [0.25, 0.3) is 11.3 Å². The van der Waals surface area contributed by atoms with E-state index in [1.807, 2.05) is 19.1 Å². The van der Waals surface area contributed by atoms with Gasteiger partial charge in [-0.1, -0.05) is 18.5 Å². The number of aromatic amines is 1. The first-order valence-electron chi connectivity index (χ1n) is 11.5. The molecule has 0 spiro atoms. The molecule has 0 saturated carbocycles. The van der Waals surface area contributed by atoms with Crippen LogP contribution in [0.5, 0.6) is 5.75 Å². The van der Waals surface area contributed by atoms with E-state index >= 15 is 0 Å². The van der Waals surface area contributed by atoms with E-state index in [0.717, 1.165) is 5.56 Å². The summed E-state index contributed by atoms with van der Waals surface area (Å²) >= 11 is 7.53. The maximum atomic E-state index is 12.2. The summed E-state index contributed by atoms with van der Waals surface area (Å²) in [7, 11) is -1.74. The second-order valence-electron chi connectivity index (χ2n) is 8.16. The Morgan fingerprint density at radius 3 is 2.78 bits per heavy atom. The Hall–Kier alpha value is -2.60. The van der Waals surface area contributed by atoms with Crippen LogP contribution in [0.4, 0.5) is 0 Å². The average Bonchev–Trinajstić information content (AvgIpc) is 3.46. The number of carbonyl (C=O) groups excluding carboxylic acids is 1. The number of esters is 1. The summed E-state index contributed by atoms with van der Waals surface area (Å²) < 4.78 is 25.0. The molecule has 3 aromatic rings. The van der Waals surface area contributed by atoms with Gasteiger partial charge in [0.15, 0.2) is 0 Å². The third-order valence-electron chi connectivity index (χ3n) is 5.45. The minimum Gasteiger partial charge on any atom is -0.465 e. The van der Waals surface area contributed by atoms with Gasteiger partial charge in [-0.2, -0.15) is 0 Å². The molecule has 2 aromatic heterocycles. The molecule has 11 nitrogen and oxygen atoms in total. The maximum Gasteiger partial charge on any atom is 0.330 e. The van der Waals surface area contributed by atoms with Gasteiger partial charge in [-0.3, -0.25) is 19.1 Å². The first kappa shape index (κ1) is 27.4. The molecule has 0 bridgehead atoms. The van der Waals surface area contributed by atoms with Crippen LogP contribution in [0, 0.1) is 5.92 Å². The van der Waals surface area contributed by atoms with Crippen molar-refractivity contribution in [2.75, 3.05) is 19.8 Å². The molecule has 198 valence electrons. The molecule has 2 N–H and O–H groups in total. The summed E-state index contributed by atoms with van der Waals surface area (Å²) in [6, 6.07) is 8.49. The van der Waals surface area contributed by atoms with Crippen molar-refractivity contribution < 1.29 is 23.3 Å². The number of rotatable bonds is 11. The second-order valence-corrected chi connectivity index (χ2v) is 10.9. The smallest absolute Gasteiger partial charge is 0.330 e. The topological polar surface area (TPSA) is 134 Å². The molecule has 0 amide bonds. The molecule has 4 atom stereocenters. The summed E-state index contributed by atoms with van der Waals surface area (Å²) in [4.78, 5) is 42.0. The summed E-state index contributed by atoms with van der Waals surface area (Å²) in [6.07, 6.45) is 1.18. The normalized spacial score (nSPS) is 20.0. The lowest BCUT2D eigenvalue weighted by Crippen LogP contribution is -2.33. The lowest BCUT2D eigenvalue weighted by molar-refractivity contribution is -0.141. The number of nitrogens with zero attached hydrogens (tertiary/aromatic N) is 2. The minimum atomic E-state index is -1.74. The zero-order valence-corrected chi connectivity index (χ0v) is 22.6. The van der Waals surface area contributed by atoms with Crippen molar-refractivity contribution in [1.29, 1.82) is 0 Å². The van der Waals surface area contributed by atoms with Crippen LogP contribution < -0.4 is 20.9 Å². The number of ether oxygens (including phenoxy) is 2. The SMILES string of the molecule is CCOC(=O)CNP(OCC1CC(C)C(n2ccc(=O)[nH]c2=O)O1)Oc1ccc(-c2ncsc2Cl)cc1. The van der Waals surface area contributed by atoms with Crippen molar-refractivity contribution in [2.45, 2.75) is 32.6 Å². The van der Waals surface area contributed by atoms with Crippen LogP contribution in [0.15, 0.2) is 51.6 Å². The van der Waals surface area contributed by atoms with E-state index in [9.17, 15) is 14.4 Å². The standard InChI is InChI=1S/C23H26ClN4O7PS/c1-3-32-19(30)11-26-36(35-16-6-4-15(5-7-16)20-21(24)37-13-25-20)33-12-17-10-14(2)22(34-17)28-9-8-18(29)27-23(28)31/h4-9,13-14,17,22,26H,3,10-12H2,1-2H3,(H,27,29,31). The van der Waals surface area contributed by atoms with Crippen LogP contribution in [0.2, 0.25) is 4.34 Å². The van der Waals surface area contributed by atoms with Gasteiger partial charge >= 0.3 is 20.2 Å². The molecule has 1 fully saturated rings. The van der Waals surface area contributed by atoms with Crippen molar-refractivity contribution >= 4 is 37.4 Å². The fourth-order valence-electron chi connectivity index (χ4n) is 3.78. The minimum absolute atomic E-state index is 0.00178. The highest BCUT2D eigenvalue weighted by Gasteiger charge is 2.35. The maximum absolute atomic E-state index is 12.2. The molecule has 4 unspecified atom stereocenters. The Labute approximate surface area is 222 Å². The van der Waals surface area contributed by atoms with Gasteiger partial charge in [0.05, 0.1) is 30.5 Å². The predicted octanol–water partition coefficient (Wildman–Crippen LogP) is 3.71. The Balaban J connectivity index is 1.39. The third kappa shape index (κ3) is 7.25. The second kappa shape index (κ2) is 12.8. The Kier molecular flexibility index (Phi) is 9.47. The molecular formula is C23H26ClN4O7PS. The van der Waals surface area contributed by atoms with E-state index < -0.39 is 32.0 Å². The van der Waals surface area contributed by atoms with E-state index in [0.29, 0.717) is 22.2 Å². The predicted molar refractivity (Wildman–Crippen MR) is 140 cm³/mol. The highest BCUT2D eigenvalue weighted by molar-refractivity contribution is 7.45. The molecule has 1 aromatic carbocycles. The summed E-state index contributed by atoms with van der Waals surface area (Å²) in [5.41, 5.74) is 2.22. The number of aromatic nitrogens is 3. The number of halogens is 1. The molecular weight excluding hydrogens is 543 g/mol. The van der Waals surface area contributed by atoms with Crippen molar-refractivity contribution in [3.8, 4) is 17.0 Å². The Bertz CT molecular complexity index is 1320. The average molecular weight is 569 g/mol. The van der Waals surface area contributed by atoms with Gasteiger partial charge in [-0.05, 0) is 37.6 Å². The van der Waals surface area contributed by atoms with E-state index in [1.165, 1.54) is 28.2 Å². The lowest BCUT2D eigenvalue weighted by atomic mass is 10.1. The summed E-state index contributed by atoms with van der Waals surface area (Å²) in [6.45, 7) is 4.01. The van der Waals surface area contributed by atoms with Crippen molar-refractivity contribution in [2.24, 2.45) is 5.92 Å². The number of benzene rings is 1. The first-order valence-corrected chi connectivity index (χ1v) is 13.9. The van der Waals surface area contributed by atoms with E-state index in [1.54, 1.807) is 24.6 Å². The van der Waals surface area contributed by atoms with Gasteiger partial charge in [0.1, 0.15) is 22.9 Å². The fraction of sp³-hybridized carbons (Fsp3) is 0.391. The largest absolute Gasteiger partial charge is 0.465 e. The van der Waals surface area contributed by atoms with Crippen molar-refractivity contribution in [1.82, 2.24) is 19.6 Å². The number of H-pyrrole nitrogens is 1. The van der Waals surface area contributed by atoms with Gasteiger partial charge in [0.25, 0.3) is 5.56 Å². The van der Waals surface area contributed by atoms with Gasteiger partial charge in [-0.15, -0.1) is 11.3 Å². The third-order valence-corrected chi connectivity index (χ3v) is 7.69. The number of carbonyl (C=O) groups is 1. The van der Waals surface area contributed by atoms with Gasteiger partial charge in [0.2, 0.25) is 0 Å². The highest BCUT2D eigenvalue weighted by atomic mass is 35.5. The molecule has 1 aliphatic heterocycles. The van der Waals surface area contributed by atoms with Crippen LogP contribution in [-0.4, -0.2) is 46.4 Å². The van der Waals surface area contributed by atoms with Gasteiger partial charge < -0.3 is 18.5 Å². The number of hydrogen-bond acceptors (Lipinski definition) is 10. The molecule has 14 heteroatoms. The molecule has 1 aliphatic rings. The van der Waals surface area contributed by atoms with Crippen LogP contribution >= 0.6 is 31.5 Å². The van der Waals surface area contributed by atoms with Crippen LogP contribution in [-0.2, 0) is 18.8 Å². The van der Waals surface area contributed by atoms with Crippen molar-refractivity contribution in [3.05, 3.63) is 67.2 Å². The van der Waals surface area contributed by atoms with E-state index in [4.69, 9.17) is 30.1 Å². The summed E-state index contributed by atoms with van der Waals surface area (Å²) in [5, 5.41) is 2.96. The molecule has 0 radical (unpaired) electrons. The number of nitrogens with one attached hydrogen (secondary N) is 2. The zero-order valence-electron chi connectivity index (χ0n) is 20.1. The first-order chi connectivity index (χ1) is 17.8. The fourth-order valence-corrected chi connectivity index (χ4v) is 5.67. The highest BCUT2D eigenvalue weighted by Crippen LogP contribution is 2.39. The molecule has 1 saturated heterocycles. The Morgan fingerprint density at radius 1 is 1.32 bits per heavy atom. The van der Waals surface area contributed by atoms with E-state index in [2.05, 4.69) is 15.1 Å². The van der Waals surface area contributed by atoms with Crippen LogP contribution in [0.1, 0.15) is 26.5 Å². The molecule has 3 heterocycles. The quantitative estimate of drug-likeness (QED) is 0.262. The van der Waals surface area contributed by atoms with Gasteiger partial charge in [-0.25, -0.2) is 14.9 Å². The lowest BCUT2D eigenvalue weighted by Gasteiger charge is -2.21. The Morgan fingerprint density at radius 2 is 2.11 bits per heavy atom. The van der Waals surface area contributed by atoms with Crippen LogP contribution in [0.3, 0.4) is 0 Å². The zero-order chi connectivity index (χ0) is 26.4. The van der Waals surface area contributed by atoms with E-state index in [-0.39, 0.29) is 31.8 Å². The number of hydrogen-bond donors (Lipinski definition) is 2. The number of thiazole rings is 1. The molecule has 4 rings (SSSR count). The summed E-state index contributed by atoms with van der Waals surface area (Å²) in [5.74, 6) is 0.0943.